The van der Waals surface area contributed by atoms with Gasteiger partial charge in [0.05, 0.1) is 0 Å². The van der Waals surface area contributed by atoms with Gasteiger partial charge in [0.15, 0.2) is 0 Å². The Morgan fingerprint density at radius 2 is 1.72 bits per heavy atom. The molecule has 4 rings (SSSR count). The smallest absolute Gasteiger partial charge is 0.115 e. The van der Waals surface area contributed by atoms with Crippen molar-refractivity contribution < 1.29 is 10.2 Å². The third kappa shape index (κ3) is 5.06. The molecule has 3 nitrogen and oxygen atoms in total. The molecule has 2 aromatic carbocycles. The molecule has 1 saturated heterocycles. The molecule has 1 unspecified atom stereocenters. The van der Waals surface area contributed by atoms with E-state index in [2.05, 4.69) is 61.2 Å². The van der Waals surface area contributed by atoms with Gasteiger partial charge in [-0.3, -0.25) is 4.90 Å². The monoisotopic (exact) mass is 429 g/mol. The van der Waals surface area contributed by atoms with Crippen LogP contribution in [0.2, 0.25) is 0 Å². The molecule has 0 bridgehead atoms. The maximum absolute atomic E-state index is 9.86. The van der Waals surface area contributed by atoms with Gasteiger partial charge in [0.1, 0.15) is 5.75 Å². The molecule has 1 aliphatic carbocycles. The largest absolute Gasteiger partial charge is 0.508 e. The summed E-state index contributed by atoms with van der Waals surface area (Å²) in [5.41, 5.74) is 6.40. The first-order valence-electron chi connectivity index (χ1n) is 11.9. The van der Waals surface area contributed by atoms with Crippen LogP contribution in [-0.4, -0.2) is 40.9 Å². The van der Waals surface area contributed by atoms with Crippen LogP contribution in [0.3, 0.4) is 0 Å². The minimum atomic E-state index is 0.178. The fourth-order valence-corrected chi connectivity index (χ4v) is 4.88. The lowest BCUT2D eigenvalue weighted by Crippen LogP contribution is -2.50. The summed E-state index contributed by atoms with van der Waals surface area (Å²) in [6.45, 7) is 7.03. The van der Waals surface area contributed by atoms with E-state index >= 15 is 0 Å². The molecule has 0 amide bonds. The van der Waals surface area contributed by atoms with Gasteiger partial charge in [0.25, 0.3) is 0 Å². The van der Waals surface area contributed by atoms with Crippen LogP contribution >= 0.6 is 0 Å². The van der Waals surface area contributed by atoms with Crippen LogP contribution in [0.15, 0.2) is 78.4 Å². The van der Waals surface area contributed by atoms with E-state index in [0.29, 0.717) is 12.0 Å². The number of phenols is 1. The van der Waals surface area contributed by atoms with E-state index in [0.717, 1.165) is 37.9 Å². The molecule has 2 aromatic rings. The van der Waals surface area contributed by atoms with E-state index in [1.165, 1.54) is 22.3 Å². The maximum Gasteiger partial charge on any atom is 0.115 e. The summed E-state index contributed by atoms with van der Waals surface area (Å²) in [5.74, 6) is 1.21. The molecule has 3 heteroatoms. The Hall–Kier alpha value is -2.62. The first-order chi connectivity index (χ1) is 15.6. The first-order valence-corrected chi connectivity index (χ1v) is 11.9. The van der Waals surface area contributed by atoms with Crippen molar-refractivity contribution in [2.45, 2.75) is 39.2 Å². The average Bonchev–Trinajstić information content (AvgIpc) is 2.77. The Morgan fingerprint density at radius 3 is 2.31 bits per heavy atom. The highest BCUT2D eigenvalue weighted by atomic mass is 16.3. The number of phenolic OH excluding ortho intramolecular Hbond substituents is 1. The second-order valence-corrected chi connectivity index (χ2v) is 9.28. The molecule has 2 N–H and O–H groups in total. The van der Waals surface area contributed by atoms with Crippen LogP contribution in [0, 0.1) is 11.8 Å². The molecule has 1 fully saturated rings. The zero-order valence-corrected chi connectivity index (χ0v) is 19.2. The van der Waals surface area contributed by atoms with Crippen LogP contribution < -0.4 is 0 Å². The summed E-state index contributed by atoms with van der Waals surface area (Å²) < 4.78 is 0. The predicted octanol–water partition coefficient (Wildman–Crippen LogP) is 5.92. The number of likely N-dealkylation sites (tertiary alicyclic amines) is 1. The van der Waals surface area contributed by atoms with Gasteiger partial charge < -0.3 is 10.2 Å². The van der Waals surface area contributed by atoms with Gasteiger partial charge in [-0.2, -0.15) is 0 Å². The molecule has 0 spiro atoms. The lowest BCUT2D eigenvalue weighted by molar-refractivity contribution is 0.0894. The SMILES string of the molecule is CC(C)N1CC(C2=CCC(/C(=C(/CCCO)c3ccccc3)c3ccc(O)cc3)C=C2)C1. The van der Waals surface area contributed by atoms with Gasteiger partial charge in [-0.1, -0.05) is 60.7 Å². The van der Waals surface area contributed by atoms with Crippen LogP contribution in [0.1, 0.15) is 44.2 Å². The second kappa shape index (κ2) is 10.3. The number of aliphatic hydroxyl groups is 1. The number of aromatic hydroxyl groups is 1. The van der Waals surface area contributed by atoms with Crippen molar-refractivity contribution >= 4 is 11.1 Å². The minimum absolute atomic E-state index is 0.178. The van der Waals surface area contributed by atoms with Crippen molar-refractivity contribution in [3.05, 3.63) is 89.5 Å². The van der Waals surface area contributed by atoms with Crippen LogP contribution in [0.25, 0.3) is 11.1 Å². The lowest BCUT2D eigenvalue weighted by atomic mass is 9.78. The molecule has 1 aliphatic heterocycles. The van der Waals surface area contributed by atoms with Crippen molar-refractivity contribution in [3.8, 4) is 5.75 Å². The molecular weight excluding hydrogens is 394 g/mol. The van der Waals surface area contributed by atoms with Gasteiger partial charge in [-0.05, 0) is 73.1 Å². The van der Waals surface area contributed by atoms with Gasteiger partial charge in [0, 0.05) is 37.6 Å². The zero-order chi connectivity index (χ0) is 22.5. The van der Waals surface area contributed by atoms with E-state index in [1.54, 1.807) is 12.1 Å². The van der Waals surface area contributed by atoms with E-state index in [-0.39, 0.29) is 18.3 Å². The van der Waals surface area contributed by atoms with E-state index in [1.807, 2.05) is 18.2 Å². The summed E-state index contributed by atoms with van der Waals surface area (Å²) in [6, 6.07) is 18.7. The molecule has 168 valence electrons. The van der Waals surface area contributed by atoms with Gasteiger partial charge in [-0.15, -0.1) is 0 Å². The number of rotatable bonds is 8. The predicted molar refractivity (Wildman–Crippen MR) is 133 cm³/mol. The molecule has 32 heavy (non-hydrogen) atoms. The summed E-state index contributed by atoms with van der Waals surface area (Å²) in [5, 5.41) is 19.4. The molecule has 2 aliphatic rings. The third-order valence-corrected chi connectivity index (χ3v) is 6.82. The number of nitrogens with zero attached hydrogens (tertiary/aromatic N) is 1. The highest BCUT2D eigenvalue weighted by Crippen LogP contribution is 2.41. The van der Waals surface area contributed by atoms with Crippen LogP contribution in [0.4, 0.5) is 0 Å². The summed E-state index contributed by atoms with van der Waals surface area (Å²) in [4.78, 5) is 2.52. The van der Waals surface area contributed by atoms with E-state index < -0.39 is 0 Å². The standard InChI is InChI=1S/C29H35NO2/c1-21(2)30-19-26(20-30)22-10-12-24(13-11-22)29(25-14-16-27(32)17-15-25)28(9-6-18-31)23-7-4-3-5-8-23/h3-5,7-8,10-12,14-17,21,24,26,31-32H,6,9,13,18-20H2,1-2H3/b29-28+. The third-order valence-electron chi connectivity index (χ3n) is 6.82. The summed E-state index contributed by atoms with van der Waals surface area (Å²) in [6.07, 6.45) is 9.68. The lowest BCUT2D eigenvalue weighted by Gasteiger charge is -2.43. The fourth-order valence-electron chi connectivity index (χ4n) is 4.88. The Kier molecular flexibility index (Phi) is 7.29. The molecular formula is C29H35NO2. The second-order valence-electron chi connectivity index (χ2n) is 9.28. The number of benzene rings is 2. The Bertz CT molecular complexity index is 980. The number of allylic oxidation sites excluding steroid dienone is 5. The van der Waals surface area contributed by atoms with Crippen molar-refractivity contribution in [1.29, 1.82) is 0 Å². The van der Waals surface area contributed by atoms with Gasteiger partial charge in [-0.25, -0.2) is 0 Å². The quantitative estimate of drug-likeness (QED) is 0.512. The van der Waals surface area contributed by atoms with Crippen LogP contribution in [0.5, 0.6) is 5.75 Å². The van der Waals surface area contributed by atoms with Crippen molar-refractivity contribution in [3.63, 3.8) is 0 Å². The summed E-state index contributed by atoms with van der Waals surface area (Å²) >= 11 is 0. The van der Waals surface area contributed by atoms with Gasteiger partial charge in [0.2, 0.25) is 0 Å². The highest BCUT2D eigenvalue weighted by Gasteiger charge is 2.31. The van der Waals surface area contributed by atoms with Crippen molar-refractivity contribution in [2.24, 2.45) is 11.8 Å². The molecule has 0 radical (unpaired) electrons. The maximum atomic E-state index is 9.86. The van der Waals surface area contributed by atoms with Crippen LogP contribution in [-0.2, 0) is 0 Å². The minimum Gasteiger partial charge on any atom is -0.508 e. The first kappa shape index (κ1) is 22.6. The topological polar surface area (TPSA) is 43.7 Å². The Labute approximate surface area is 192 Å². The number of hydrogen-bond donors (Lipinski definition) is 2. The normalized spacial score (nSPS) is 20.1. The molecule has 1 heterocycles. The fraction of sp³-hybridized carbons (Fsp3) is 0.379. The number of hydrogen-bond acceptors (Lipinski definition) is 3. The van der Waals surface area contributed by atoms with E-state index in [9.17, 15) is 10.2 Å². The molecule has 0 saturated carbocycles. The molecule has 0 aromatic heterocycles. The Balaban J connectivity index is 1.67. The Morgan fingerprint density at radius 1 is 1.00 bits per heavy atom. The van der Waals surface area contributed by atoms with Crippen molar-refractivity contribution in [1.82, 2.24) is 4.90 Å². The van der Waals surface area contributed by atoms with Crippen molar-refractivity contribution in [2.75, 3.05) is 19.7 Å². The highest BCUT2D eigenvalue weighted by molar-refractivity contribution is 5.92. The molecule has 1 atom stereocenters. The van der Waals surface area contributed by atoms with E-state index in [4.69, 9.17) is 0 Å². The zero-order valence-electron chi connectivity index (χ0n) is 19.2. The van der Waals surface area contributed by atoms with Gasteiger partial charge >= 0.3 is 0 Å². The number of aliphatic hydroxyl groups excluding tert-OH is 1. The summed E-state index contributed by atoms with van der Waals surface area (Å²) in [7, 11) is 0. The average molecular weight is 430 g/mol.